The standard InChI is InChI=1S/C20H20BrFN6O4S/c21-13-7-11(22)1-2-12(13)17-16(20(31)32)14(24-18(25-17)19-26-23-10-33-19)8-27-3-5-28(6-4-27)15(30)9-29/h1-2,7,10,17,29H,3-6,8-9H2,(H,24,25)(H,31,32). The summed E-state index contributed by atoms with van der Waals surface area (Å²) in [7, 11) is 0. The van der Waals surface area contributed by atoms with E-state index in [0.717, 1.165) is 0 Å². The maximum atomic E-state index is 13.7. The molecule has 4 rings (SSSR count). The van der Waals surface area contributed by atoms with Crippen LogP contribution >= 0.6 is 27.3 Å². The number of carbonyl (C=O) groups is 2. The molecular formula is C20H20BrFN6O4S. The van der Waals surface area contributed by atoms with Crippen LogP contribution in [0.15, 0.2) is 44.4 Å². The van der Waals surface area contributed by atoms with E-state index >= 15 is 0 Å². The van der Waals surface area contributed by atoms with E-state index in [1.54, 1.807) is 10.4 Å². The number of aromatic nitrogens is 2. The van der Waals surface area contributed by atoms with Gasteiger partial charge in [-0.15, -0.1) is 10.2 Å². The molecule has 0 bridgehead atoms. The Morgan fingerprint density at radius 2 is 2.03 bits per heavy atom. The van der Waals surface area contributed by atoms with Crippen molar-refractivity contribution in [2.24, 2.45) is 4.99 Å². The molecule has 0 radical (unpaired) electrons. The quantitative estimate of drug-likeness (QED) is 0.496. The van der Waals surface area contributed by atoms with Crippen LogP contribution in [0.5, 0.6) is 0 Å². The van der Waals surface area contributed by atoms with Gasteiger partial charge in [0.2, 0.25) is 5.91 Å². The molecule has 1 unspecified atom stereocenters. The number of aliphatic imine (C=N–C) groups is 1. The molecule has 33 heavy (non-hydrogen) atoms. The third-order valence-corrected chi connectivity index (χ3v) is 6.80. The Labute approximate surface area is 200 Å². The van der Waals surface area contributed by atoms with Gasteiger partial charge in [0.05, 0.1) is 5.57 Å². The zero-order valence-electron chi connectivity index (χ0n) is 17.2. The first-order chi connectivity index (χ1) is 15.9. The predicted octanol–water partition coefficient (Wildman–Crippen LogP) is 1.01. The molecule has 2 aromatic rings. The Morgan fingerprint density at radius 1 is 1.27 bits per heavy atom. The zero-order valence-corrected chi connectivity index (χ0v) is 19.6. The minimum Gasteiger partial charge on any atom is -0.478 e. The van der Waals surface area contributed by atoms with Gasteiger partial charge in [0.25, 0.3) is 0 Å². The van der Waals surface area contributed by atoms with Crippen LogP contribution < -0.4 is 5.32 Å². The van der Waals surface area contributed by atoms with Crippen LogP contribution in [0.4, 0.5) is 4.39 Å². The average Bonchev–Trinajstić information content (AvgIpc) is 3.33. The summed E-state index contributed by atoms with van der Waals surface area (Å²) < 4.78 is 14.1. The number of aliphatic hydroxyl groups excluding tert-OH is 1. The predicted molar refractivity (Wildman–Crippen MR) is 121 cm³/mol. The minimum absolute atomic E-state index is 0.0458. The van der Waals surface area contributed by atoms with Crippen LogP contribution in [0.25, 0.3) is 0 Å². The number of rotatable bonds is 6. The van der Waals surface area contributed by atoms with E-state index in [1.807, 2.05) is 4.90 Å². The first kappa shape index (κ1) is 23.4. The van der Waals surface area contributed by atoms with Gasteiger partial charge in [-0.05, 0) is 17.7 Å². The van der Waals surface area contributed by atoms with Gasteiger partial charge in [0.1, 0.15) is 24.0 Å². The number of piperazine rings is 1. The average molecular weight is 539 g/mol. The van der Waals surface area contributed by atoms with Gasteiger partial charge in [-0.1, -0.05) is 33.3 Å². The fraction of sp³-hybridized carbons (Fsp3) is 0.350. The van der Waals surface area contributed by atoms with E-state index in [2.05, 4.69) is 36.4 Å². The van der Waals surface area contributed by atoms with Gasteiger partial charge < -0.3 is 20.4 Å². The van der Waals surface area contributed by atoms with Crippen molar-refractivity contribution in [1.29, 1.82) is 0 Å². The number of halogens is 2. The van der Waals surface area contributed by atoms with Gasteiger partial charge in [-0.25, -0.2) is 9.18 Å². The summed E-state index contributed by atoms with van der Waals surface area (Å²) in [5.74, 6) is -1.55. The molecule has 1 aromatic carbocycles. The number of aliphatic carboxylic acids is 1. The summed E-state index contributed by atoms with van der Waals surface area (Å²) in [5.41, 5.74) is 2.54. The first-order valence-corrected chi connectivity index (χ1v) is 11.7. The Hall–Kier alpha value is -2.74. The van der Waals surface area contributed by atoms with Crippen molar-refractivity contribution in [3.63, 3.8) is 0 Å². The summed E-state index contributed by atoms with van der Waals surface area (Å²) in [6, 6.07) is 3.15. The van der Waals surface area contributed by atoms with Gasteiger partial charge >= 0.3 is 5.97 Å². The molecule has 2 aliphatic rings. The Kier molecular flexibility index (Phi) is 7.12. The normalized spacial score (nSPS) is 19.3. The molecule has 174 valence electrons. The van der Waals surface area contributed by atoms with E-state index in [9.17, 15) is 19.1 Å². The maximum Gasteiger partial charge on any atom is 0.335 e. The second kappa shape index (κ2) is 10.0. The molecule has 0 aliphatic carbocycles. The second-order valence-corrected chi connectivity index (χ2v) is 9.11. The van der Waals surface area contributed by atoms with Crippen molar-refractivity contribution in [2.45, 2.75) is 6.04 Å². The molecule has 1 amide bonds. The highest BCUT2D eigenvalue weighted by atomic mass is 79.9. The fourth-order valence-corrected chi connectivity index (χ4v) is 4.86. The molecule has 0 saturated carbocycles. The number of aliphatic hydroxyl groups is 1. The molecule has 13 heteroatoms. The van der Waals surface area contributed by atoms with Crippen molar-refractivity contribution in [3.05, 3.63) is 55.8 Å². The zero-order chi connectivity index (χ0) is 23.5. The minimum atomic E-state index is -1.15. The number of hydrogen-bond acceptors (Lipinski definition) is 9. The lowest BCUT2D eigenvalue weighted by Crippen LogP contribution is -2.51. The van der Waals surface area contributed by atoms with E-state index in [0.29, 0.717) is 52.8 Å². The highest BCUT2D eigenvalue weighted by Gasteiger charge is 2.34. The Morgan fingerprint density at radius 3 is 2.64 bits per heavy atom. The number of carboxylic acid groups (broad SMARTS) is 1. The first-order valence-electron chi connectivity index (χ1n) is 10.0. The number of nitrogens with one attached hydrogen (secondary N) is 1. The fourth-order valence-electron chi connectivity index (χ4n) is 3.78. The third kappa shape index (κ3) is 5.11. The lowest BCUT2D eigenvalue weighted by atomic mass is 9.95. The Balaban J connectivity index is 1.68. The maximum absolute atomic E-state index is 13.7. The third-order valence-electron chi connectivity index (χ3n) is 5.42. The van der Waals surface area contributed by atoms with Crippen molar-refractivity contribution in [3.8, 4) is 0 Å². The molecule has 3 heterocycles. The lowest BCUT2D eigenvalue weighted by molar-refractivity contribution is -0.135. The molecular weight excluding hydrogens is 519 g/mol. The van der Waals surface area contributed by atoms with Crippen LogP contribution in [0.3, 0.4) is 0 Å². The summed E-state index contributed by atoms with van der Waals surface area (Å²) >= 11 is 4.59. The van der Waals surface area contributed by atoms with Crippen LogP contribution in [-0.4, -0.2) is 87.3 Å². The largest absolute Gasteiger partial charge is 0.478 e. The summed E-state index contributed by atoms with van der Waals surface area (Å²) in [4.78, 5) is 32.3. The summed E-state index contributed by atoms with van der Waals surface area (Å²) in [6.07, 6.45) is 0. The molecule has 1 aromatic heterocycles. The summed E-state index contributed by atoms with van der Waals surface area (Å²) in [6.45, 7) is 1.63. The second-order valence-electron chi connectivity index (χ2n) is 7.43. The smallest absolute Gasteiger partial charge is 0.335 e. The molecule has 1 atom stereocenters. The number of benzene rings is 1. The van der Waals surface area contributed by atoms with Gasteiger partial charge in [0, 0.05) is 42.9 Å². The topological polar surface area (TPSA) is 131 Å². The van der Waals surface area contributed by atoms with Crippen LogP contribution in [-0.2, 0) is 9.59 Å². The molecule has 2 aliphatic heterocycles. The number of amides is 1. The number of carboxylic acids is 1. The number of hydrogen-bond donors (Lipinski definition) is 3. The Bertz CT molecular complexity index is 1120. The molecule has 10 nitrogen and oxygen atoms in total. The highest BCUT2D eigenvalue weighted by Crippen LogP contribution is 2.36. The molecule has 3 N–H and O–H groups in total. The van der Waals surface area contributed by atoms with Crippen molar-refractivity contribution in [2.75, 3.05) is 39.3 Å². The number of amidine groups is 1. The molecule has 1 fully saturated rings. The number of nitrogens with zero attached hydrogens (tertiary/aromatic N) is 5. The van der Waals surface area contributed by atoms with Gasteiger partial charge in [-0.2, -0.15) is 0 Å². The van der Waals surface area contributed by atoms with E-state index < -0.39 is 24.4 Å². The van der Waals surface area contributed by atoms with E-state index in [1.165, 1.54) is 29.5 Å². The van der Waals surface area contributed by atoms with Crippen LogP contribution in [0, 0.1) is 5.82 Å². The number of carbonyl (C=O) groups excluding carboxylic acids is 1. The van der Waals surface area contributed by atoms with Crippen LogP contribution in [0.2, 0.25) is 0 Å². The van der Waals surface area contributed by atoms with Crippen molar-refractivity contribution in [1.82, 2.24) is 25.3 Å². The van der Waals surface area contributed by atoms with Gasteiger partial charge in [-0.3, -0.25) is 14.7 Å². The monoisotopic (exact) mass is 538 g/mol. The van der Waals surface area contributed by atoms with Crippen molar-refractivity contribution >= 4 is 45.0 Å². The van der Waals surface area contributed by atoms with E-state index in [4.69, 9.17) is 5.11 Å². The van der Waals surface area contributed by atoms with Crippen LogP contribution in [0.1, 0.15) is 16.6 Å². The highest BCUT2D eigenvalue weighted by molar-refractivity contribution is 9.10. The van der Waals surface area contributed by atoms with E-state index in [-0.39, 0.29) is 18.0 Å². The molecule has 1 saturated heterocycles. The van der Waals surface area contributed by atoms with Gasteiger partial charge in [0.15, 0.2) is 10.8 Å². The summed E-state index contributed by atoms with van der Waals surface area (Å²) in [5, 5.41) is 30.7. The molecule has 0 spiro atoms. The van der Waals surface area contributed by atoms with Crippen molar-refractivity contribution < 1.29 is 24.2 Å². The lowest BCUT2D eigenvalue weighted by Gasteiger charge is -2.36. The SMILES string of the molecule is O=C(O)C1=C(CN2CCN(C(=O)CO)CC2)NC(c2nncs2)=NC1c1ccc(F)cc1Br.